The van der Waals surface area contributed by atoms with Gasteiger partial charge in [-0.05, 0) is 24.6 Å². The summed E-state index contributed by atoms with van der Waals surface area (Å²) >= 11 is 3.49. The number of rotatable bonds is 3. The molecular formula is C14H18BrN5. The summed E-state index contributed by atoms with van der Waals surface area (Å²) in [7, 11) is 0. The van der Waals surface area contributed by atoms with Gasteiger partial charge in [0.2, 0.25) is 5.95 Å². The van der Waals surface area contributed by atoms with Crippen molar-refractivity contribution >= 4 is 21.9 Å². The zero-order valence-electron chi connectivity index (χ0n) is 11.4. The molecule has 1 aliphatic rings. The Kier molecular flexibility index (Phi) is 4.03. The third kappa shape index (κ3) is 3.19. The summed E-state index contributed by atoms with van der Waals surface area (Å²) in [6, 6.07) is 8.75. The number of nitrogens with one attached hydrogen (secondary N) is 2. The first kappa shape index (κ1) is 13.6. The maximum atomic E-state index is 4.61. The summed E-state index contributed by atoms with van der Waals surface area (Å²) in [5.74, 6) is 1.72. The molecule has 0 saturated carbocycles. The summed E-state index contributed by atoms with van der Waals surface area (Å²) in [6.45, 7) is 5.07. The Bertz CT molecular complexity index is 582. The van der Waals surface area contributed by atoms with Crippen LogP contribution in [0.3, 0.4) is 0 Å². The molecule has 2 aromatic rings. The van der Waals surface area contributed by atoms with Crippen LogP contribution >= 0.6 is 15.9 Å². The lowest BCUT2D eigenvalue weighted by Gasteiger charge is -2.30. The summed E-state index contributed by atoms with van der Waals surface area (Å²) < 4.78 is 1.09. The molecule has 1 aromatic heterocycles. The molecule has 1 aliphatic heterocycles. The Balaban J connectivity index is 1.70. The average Bonchev–Trinajstić information content (AvgIpc) is 2.87. The third-order valence-corrected chi connectivity index (χ3v) is 3.93. The lowest BCUT2D eigenvalue weighted by atomic mass is 10.1. The molecule has 1 fully saturated rings. The number of benzene rings is 1. The number of piperazine rings is 1. The van der Waals surface area contributed by atoms with Gasteiger partial charge in [-0.2, -0.15) is 4.98 Å². The second-order valence-corrected chi connectivity index (χ2v) is 6.11. The normalized spacial score (nSPS) is 19.3. The van der Waals surface area contributed by atoms with Crippen LogP contribution in [0.5, 0.6) is 0 Å². The fourth-order valence-electron chi connectivity index (χ4n) is 2.46. The number of hydrogen-bond acceptors (Lipinski definition) is 4. The SMILES string of the molecule is C[C@@H]1CN(c2n[nH]c(Cc3cccc(Br)c3)n2)CCN1. The monoisotopic (exact) mass is 335 g/mol. The predicted octanol–water partition coefficient (Wildman–Crippen LogP) is 1.96. The van der Waals surface area contributed by atoms with Gasteiger partial charge < -0.3 is 10.2 Å². The zero-order chi connectivity index (χ0) is 13.9. The van der Waals surface area contributed by atoms with Gasteiger partial charge in [-0.15, -0.1) is 5.10 Å². The van der Waals surface area contributed by atoms with Gasteiger partial charge in [0.05, 0.1) is 0 Å². The molecule has 1 saturated heterocycles. The second-order valence-electron chi connectivity index (χ2n) is 5.19. The molecule has 0 spiro atoms. The van der Waals surface area contributed by atoms with Crippen LogP contribution in [0.1, 0.15) is 18.3 Å². The van der Waals surface area contributed by atoms with Crippen LogP contribution in [0.15, 0.2) is 28.7 Å². The maximum Gasteiger partial charge on any atom is 0.244 e. The number of hydrogen-bond donors (Lipinski definition) is 2. The number of H-pyrrole nitrogens is 1. The molecule has 1 aromatic carbocycles. The quantitative estimate of drug-likeness (QED) is 0.900. The van der Waals surface area contributed by atoms with E-state index in [9.17, 15) is 0 Å². The van der Waals surface area contributed by atoms with Crippen molar-refractivity contribution in [3.05, 3.63) is 40.1 Å². The van der Waals surface area contributed by atoms with Gasteiger partial charge in [0.15, 0.2) is 0 Å². The van der Waals surface area contributed by atoms with Crippen LogP contribution in [-0.2, 0) is 6.42 Å². The topological polar surface area (TPSA) is 56.8 Å². The largest absolute Gasteiger partial charge is 0.337 e. The van der Waals surface area contributed by atoms with Gasteiger partial charge in [0, 0.05) is 36.6 Å². The number of aromatic nitrogens is 3. The van der Waals surface area contributed by atoms with E-state index in [4.69, 9.17) is 0 Å². The van der Waals surface area contributed by atoms with Crippen LogP contribution in [-0.4, -0.2) is 40.9 Å². The van der Waals surface area contributed by atoms with Crippen molar-refractivity contribution in [1.82, 2.24) is 20.5 Å². The van der Waals surface area contributed by atoms with E-state index in [0.29, 0.717) is 6.04 Å². The third-order valence-electron chi connectivity index (χ3n) is 3.43. The summed E-state index contributed by atoms with van der Waals surface area (Å²) in [5, 5.41) is 10.8. The molecule has 0 radical (unpaired) electrons. The molecule has 0 aliphatic carbocycles. The van der Waals surface area contributed by atoms with Gasteiger partial charge >= 0.3 is 0 Å². The molecule has 6 heteroatoms. The highest BCUT2D eigenvalue weighted by molar-refractivity contribution is 9.10. The Morgan fingerprint density at radius 1 is 1.45 bits per heavy atom. The highest BCUT2D eigenvalue weighted by Crippen LogP contribution is 2.15. The highest BCUT2D eigenvalue weighted by Gasteiger charge is 2.19. The van der Waals surface area contributed by atoms with Crippen molar-refractivity contribution in [3.8, 4) is 0 Å². The Hall–Kier alpha value is -1.40. The first-order valence-electron chi connectivity index (χ1n) is 6.85. The molecule has 5 nitrogen and oxygen atoms in total. The summed E-state index contributed by atoms with van der Waals surface area (Å²) in [4.78, 5) is 6.83. The van der Waals surface area contributed by atoms with E-state index in [2.05, 4.69) is 60.4 Å². The standard InChI is InChI=1S/C14H18BrN5/c1-10-9-20(6-5-16-10)14-17-13(18-19-14)8-11-3-2-4-12(15)7-11/h2-4,7,10,16H,5-6,8-9H2,1H3,(H,17,18,19)/t10-/m1/s1. The van der Waals surface area contributed by atoms with E-state index in [1.807, 2.05) is 12.1 Å². The summed E-state index contributed by atoms with van der Waals surface area (Å²) in [5.41, 5.74) is 1.22. The second kappa shape index (κ2) is 5.93. The number of anilines is 1. The predicted molar refractivity (Wildman–Crippen MR) is 83.0 cm³/mol. The minimum absolute atomic E-state index is 0.482. The molecule has 0 bridgehead atoms. The van der Waals surface area contributed by atoms with Crippen LogP contribution in [0.2, 0.25) is 0 Å². The minimum Gasteiger partial charge on any atom is -0.337 e. The zero-order valence-corrected chi connectivity index (χ0v) is 13.0. The Labute approximate surface area is 126 Å². The molecule has 0 amide bonds. The molecular weight excluding hydrogens is 318 g/mol. The molecule has 1 atom stereocenters. The van der Waals surface area contributed by atoms with E-state index in [1.165, 1.54) is 5.56 Å². The number of nitrogens with zero attached hydrogens (tertiary/aromatic N) is 3. The van der Waals surface area contributed by atoms with Crippen molar-refractivity contribution in [2.45, 2.75) is 19.4 Å². The summed E-state index contributed by atoms with van der Waals surface area (Å²) in [6.07, 6.45) is 0.772. The van der Waals surface area contributed by atoms with Crippen molar-refractivity contribution in [1.29, 1.82) is 0 Å². The molecule has 2 heterocycles. The molecule has 20 heavy (non-hydrogen) atoms. The van der Waals surface area contributed by atoms with Gasteiger partial charge in [-0.3, -0.25) is 5.10 Å². The van der Waals surface area contributed by atoms with Crippen molar-refractivity contribution in [2.75, 3.05) is 24.5 Å². The molecule has 0 unspecified atom stereocenters. The van der Waals surface area contributed by atoms with Gasteiger partial charge in [-0.1, -0.05) is 28.1 Å². The van der Waals surface area contributed by atoms with Crippen LogP contribution in [0, 0.1) is 0 Å². The van der Waals surface area contributed by atoms with Crippen LogP contribution in [0.25, 0.3) is 0 Å². The van der Waals surface area contributed by atoms with Gasteiger partial charge in [0.1, 0.15) is 5.82 Å². The average molecular weight is 336 g/mol. The van der Waals surface area contributed by atoms with E-state index >= 15 is 0 Å². The van der Waals surface area contributed by atoms with Gasteiger partial charge in [-0.25, -0.2) is 0 Å². The molecule has 106 valence electrons. The first-order chi connectivity index (χ1) is 9.70. The smallest absolute Gasteiger partial charge is 0.244 e. The molecule has 2 N–H and O–H groups in total. The minimum atomic E-state index is 0.482. The molecule has 3 rings (SSSR count). The van der Waals surface area contributed by atoms with E-state index in [0.717, 1.165) is 42.3 Å². The Morgan fingerprint density at radius 3 is 3.15 bits per heavy atom. The van der Waals surface area contributed by atoms with E-state index in [-0.39, 0.29) is 0 Å². The van der Waals surface area contributed by atoms with Crippen LogP contribution < -0.4 is 10.2 Å². The lowest BCUT2D eigenvalue weighted by Crippen LogP contribution is -2.49. The van der Waals surface area contributed by atoms with Crippen molar-refractivity contribution < 1.29 is 0 Å². The maximum absolute atomic E-state index is 4.61. The lowest BCUT2D eigenvalue weighted by molar-refractivity contribution is 0.480. The fourth-order valence-corrected chi connectivity index (χ4v) is 2.91. The van der Waals surface area contributed by atoms with Crippen LogP contribution in [0.4, 0.5) is 5.95 Å². The number of halogens is 1. The van der Waals surface area contributed by atoms with E-state index in [1.54, 1.807) is 0 Å². The first-order valence-corrected chi connectivity index (χ1v) is 7.64. The van der Waals surface area contributed by atoms with Gasteiger partial charge in [0.25, 0.3) is 0 Å². The highest BCUT2D eigenvalue weighted by atomic mass is 79.9. The Morgan fingerprint density at radius 2 is 2.35 bits per heavy atom. The van der Waals surface area contributed by atoms with Crippen molar-refractivity contribution in [3.63, 3.8) is 0 Å². The van der Waals surface area contributed by atoms with E-state index < -0.39 is 0 Å². The van der Waals surface area contributed by atoms with Crippen molar-refractivity contribution in [2.24, 2.45) is 0 Å². The number of aromatic amines is 1. The fraction of sp³-hybridized carbons (Fsp3) is 0.429.